The molecule has 146 valence electrons. The first kappa shape index (κ1) is 19.2. The van der Waals surface area contributed by atoms with E-state index in [4.69, 9.17) is 16.3 Å². The lowest BCUT2D eigenvalue weighted by Crippen LogP contribution is -2.19. The van der Waals surface area contributed by atoms with Crippen molar-refractivity contribution in [1.82, 2.24) is 4.98 Å². The van der Waals surface area contributed by atoms with Crippen LogP contribution in [0.15, 0.2) is 66.7 Å². The molecule has 4 aromatic rings. The first-order valence-corrected chi connectivity index (χ1v) is 10.2. The van der Waals surface area contributed by atoms with Gasteiger partial charge in [-0.1, -0.05) is 29.8 Å². The van der Waals surface area contributed by atoms with Crippen LogP contribution in [0.25, 0.3) is 10.2 Å². The molecule has 0 spiro atoms. The van der Waals surface area contributed by atoms with E-state index in [2.05, 4.69) is 21.7 Å². The minimum atomic E-state index is -0.338. The van der Waals surface area contributed by atoms with Crippen LogP contribution in [0, 0.1) is 6.92 Å². The van der Waals surface area contributed by atoms with E-state index in [0.29, 0.717) is 23.0 Å². The van der Waals surface area contributed by atoms with Crippen molar-refractivity contribution in [2.24, 2.45) is 0 Å². The summed E-state index contributed by atoms with van der Waals surface area (Å²) in [5.74, 6) is 0.755. The minimum Gasteiger partial charge on any atom is -0.486 e. The standard InChI is InChI=1S/C22H18ClN3O2S/c1-14-11-17(25-22(27)24-16-6-4-5-15(23)12-16)9-10-19(14)28-13-21-26-18-7-2-3-8-20(18)29-21/h2-12H,13H2,1H3,(H2,24,25,27). The number of fused-ring (bicyclic) bond motifs is 1. The van der Waals surface area contributed by atoms with Gasteiger partial charge in [0.05, 0.1) is 10.2 Å². The average Bonchev–Trinajstić information content (AvgIpc) is 3.10. The molecule has 0 unspecified atom stereocenters. The number of rotatable bonds is 5. The Morgan fingerprint density at radius 1 is 1.03 bits per heavy atom. The summed E-state index contributed by atoms with van der Waals surface area (Å²) in [6.07, 6.45) is 0. The van der Waals surface area contributed by atoms with E-state index in [1.165, 1.54) is 0 Å². The smallest absolute Gasteiger partial charge is 0.323 e. The number of para-hydroxylation sites is 1. The van der Waals surface area contributed by atoms with Crippen molar-refractivity contribution in [3.8, 4) is 5.75 Å². The monoisotopic (exact) mass is 423 g/mol. The quantitative estimate of drug-likeness (QED) is 0.386. The summed E-state index contributed by atoms with van der Waals surface area (Å²) in [7, 11) is 0. The van der Waals surface area contributed by atoms with Crippen molar-refractivity contribution in [3.63, 3.8) is 0 Å². The predicted octanol–water partition coefficient (Wildman–Crippen LogP) is 6.48. The zero-order valence-electron chi connectivity index (χ0n) is 15.6. The SMILES string of the molecule is Cc1cc(NC(=O)Nc2cccc(Cl)c2)ccc1OCc1nc2ccccc2s1. The van der Waals surface area contributed by atoms with Crippen molar-refractivity contribution < 1.29 is 9.53 Å². The molecular formula is C22H18ClN3O2S. The Balaban J connectivity index is 1.37. The van der Waals surface area contributed by atoms with Gasteiger partial charge in [-0.15, -0.1) is 11.3 Å². The molecule has 4 rings (SSSR count). The van der Waals surface area contributed by atoms with Crippen LogP contribution >= 0.6 is 22.9 Å². The van der Waals surface area contributed by atoms with Gasteiger partial charge in [-0.3, -0.25) is 0 Å². The van der Waals surface area contributed by atoms with Gasteiger partial charge >= 0.3 is 6.03 Å². The van der Waals surface area contributed by atoms with E-state index in [9.17, 15) is 4.79 Å². The Morgan fingerprint density at radius 3 is 2.59 bits per heavy atom. The molecule has 2 amide bonds. The van der Waals surface area contributed by atoms with Gasteiger partial charge in [-0.05, 0) is 61.0 Å². The number of hydrogen-bond acceptors (Lipinski definition) is 4. The highest BCUT2D eigenvalue weighted by Crippen LogP contribution is 2.26. The van der Waals surface area contributed by atoms with Crippen LogP contribution < -0.4 is 15.4 Å². The molecular weight excluding hydrogens is 406 g/mol. The number of benzene rings is 3. The van der Waals surface area contributed by atoms with Gasteiger partial charge in [0.15, 0.2) is 0 Å². The van der Waals surface area contributed by atoms with Gasteiger partial charge in [-0.2, -0.15) is 0 Å². The van der Waals surface area contributed by atoms with Gasteiger partial charge < -0.3 is 15.4 Å². The lowest BCUT2D eigenvalue weighted by molar-refractivity contribution is 0.262. The molecule has 0 saturated carbocycles. The van der Waals surface area contributed by atoms with Crippen LogP contribution in [0.1, 0.15) is 10.6 Å². The molecule has 0 atom stereocenters. The Bertz CT molecular complexity index is 1140. The molecule has 0 bridgehead atoms. The topological polar surface area (TPSA) is 63.2 Å². The number of carbonyl (C=O) groups excluding carboxylic acids is 1. The zero-order chi connectivity index (χ0) is 20.2. The molecule has 0 aliphatic heterocycles. The van der Waals surface area contributed by atoms with Crippen LogP contribution in [0.2, 0.25) is 5.02 Å². The van der Waals surface area contributed by atoms with Gasteiger partial charge in [0.2, 0.25) is 0 Å². The minimum absolute atomic E-state index is 0.338. The van der Waals surface area contributed by atoms with E-state index in [1.54, 1.807) is 41.7 Å². The zero-order valence-corrected chi connectivity index (χ0v) is 17.2. The molecule has 0 saturated heterocycles. The first-order chi connectivity index (χ1) is 14.1. The Labute approximate surface area is 177 Å². The summed E-state index contributed by atoms with van der Waals surface area (Å²) in [5, 5.41) is 7.05. The lowest BCUT2D eigenvalue weighted by atomic mass is 10.2. The van der Waals surface area contributed by atoms with Crippen molar-refractivity contribution in [3.05, 3.63) is 82.3 Å². The molecule has 0 fully saturated rings. The summed E-state index contributed by atoms with van der Waals surface area (Å²) in [6.45, 7) is 2.34. The molecule has 7 heteroatoms. The largest absolute Gasteiger partial charge is 0.486 e. The van der Waals surface area contributed by atoms with Gasteiger partial charge in [0.1, 0.15) is 17.4 Å². The van der Waals surface area contributed by atoms with E-state index < -0.39 is 0 Å². The predicted molar refractivity (Wildman–Crippen MR) is 119 cm³/mol. The lowest BCUT2D eigenvalue weighted by Gasteiger charge is -2.11. The van der Waals surface area contributed by atoms with Crippen LogP contribution in [-0.2, 0) is 6.61 Å². The highest BCUT2D eigenvalue weighted by atomic mass is 35.5. The average molecular weight is 424 g/mol. The molecule has 0 radical (unpaired) electrons. The number of aryl methyl sites for hydroxylation is 1. The number of urea groups is 1. The number of ether oxygens (including phenoxy) is 1. The van der Waals surface area contributed by atoms with Crippen molar-refractivity contribution in [2.75, 3.05) is 10.6 Å². The van der Waals surface area contributed by atoms with Crippen molar-refractivity contribution >= 4 is 50.6 Å². The maximum Gasteiger partial charge on any atom is 0.323 e. The van der Waals surface area contributed by atoms with Gasteiger partial charge in [0.25, 0.3) is 0 Å². The third-order valence-corrected chi connectivity index (χ3v) is 5.45. The maximum absolute atomic E-state index is 12.2. The van der Waals surface area contributed by atoms with E-state index in [1.807, 2.05) is 37.3 Å². The molecule has 3 aromatic carbocycles. The second-order valence-electron chi connectivity index (χ2n) is 6.43. The normalized spacial score (nSPS) is 10.7. The summed E-state index contributed by atoms with van der Waals surface area (Å²) in [4.78, 5) is 16.8. The second kappa shape index (κ2) is 8.51. The fraction of sp³-hybridized carbons (Fsp3) is 0.0909. The van der Waals surface area contributed by atoms with Crippen LogP contribution in [0.4, 0.5) is 16.2 Å². The number of hydrogen-bond donors (Lipinski definition) is 2. The first-order valence-electron chi connectivity index (χ1n) is 8.98. The van der Waals surface area contributed by atoms with E-state index >= 15 is 0 Å². The third-order valence-electron chi connectivity index (χ3n) is 4.20. The molecule has 2 N–H and O–H groups in total. The molecule has 5 nitrogen and oxygen atoms in total. The summed E-state index contributed by atoms with van der Waals surface area (Å²) in [6, 6.07) is 20.2. The number of aromatic nitrogens is 1. The number of anilines is 2. The maximum atomic E-state index is 12.2. The summed E-state index contributed by atoms with van der Waals surface area (Å²) < 4.78 is 7.07. The number of nitrogens with one attached hydrogen (secondary N) is 2. The van der Waals surface area contributed by atoms with E-state index in [-0.39, 0.29) is 6.03 Å². The van der Waals surface area contributed by atoms with Crippen LogP contribution in [-0.4, -0.2) is 11.0 Å². The fourth-order valence-corrected chi connectivity index (χ4v) is 3.94. The second-order valence-corrected chi connectivity index (χ2v) is 7.99. The van der Waals surface area contributed by atoms with Crippen molar-refractivity contribution in [2.45, 2.75) is 13.5 Å². The molecule has 29 heavy (non-hydrogen) atoms. The van der Waals surface area contributed by atoms with Gasteiger partial charge in [0, 0.05) is 16.4 Å². The fourth-order valence-electron chi connectivity index (χ4n) is 2.87. The Hall–Kier alpha value is -3.09. The van der Waals surface area contributed by atoms with Gasteiger partial charge in [-0.25, -0.2) is 9.78 Å². The third kappa shape index (κ3) is 4.85. The molecule has 1 heterocycles. The van der Waals surface area contributed by atoms with Crippen LogP contribution in [0.3, 0.4) is 0 Å². The summed E-state index contributed by atoms with van der Waals surface area (Å²) >= 11 is 7.56. The molecule has 1 aromatic heterocycles. The number of nitrogens with zero attached hydrogens (tertiary/aromatic N) is 1. The number of thiazole rings is 1. The Morgan fingerprint density at radius 2 is 1.83 bits per heavy atom. The molecule has 0 aliphatic rings. The highest BCUT2D eigenvalue weighted by Gasteiger charge is 2.08. The van der Waals surface area contributed by atoms with Crippen molar-refractivity contribution in [1.29, 1.82) is 0 Å². The molecule has 0 aliphatic carbocycles. The highest BCUT2D eigenvalue weighted by molar-refractivity contribution is 7.18. The van der Waals surface area contributed by atoms with E-state index in [0.717, 1.165) is 26.5 Å². The van der Waals surface area contributed by atoms with Crippen LogP contribution in [0.5, 0.6) is 5.75 Å². The number of carbonyl (C=O) groups is 1. The number of amides is 2. The Kier molecular flexibility index (Phi) is 5.64. The number of halogens is 1. The summed E-state index contributed by atoms with van der Waals surface area (Å²) in [5.41, 5.74) is 3.21.